The van der Waals surface area contributed by atoms with E-state index in [-0.39, 0.29) is 10.6 Å². The monoisotopic (exact) mass is 321 g/mol. The van der Waals surface area contributed by atoms with Crippen LogP contribution in [0.2, 0.25) is 15.1 Å². The number of benzene rings is 2. The molecule has 0 heterocycles. The van der Waals surface area contributed by atoms with Gasteiger partial charge in [0, 0.05) is 5.02 Å². The third-order valence-electron chi connectivity index (χ3n) is 2.68. The van der Waals surface area contributed by atoms with E-state index in [1.807, 2.05) is 0 Å². The fraction of sp³-hybridized carbons (Fsp3) is 0.0769. The van der Waals surface area contributed by atoms with Crippen LogP contribution in [-0.2, 0) is 0 Å². The zero-order chi connectivity index (χ0) is 14.2. The van der Waals surface area contributed by atoms with Crippen LogP contribution in [0, 0.1) is 11.6 Å². The summed E-state index contributed by atoms with van der Waals surface area (Å²) in [6, 6.07) is 5.93. The van der Waals surface area contributed by atoms with Gasteiger partial charge in [-0.25, -0.2) is 8.78 Å². The highest BCUT2D eigenvalue weighted by atomic mass is 35.5. The minimum atomic E-state index is -1.02. The molecule has 6 heteroatoms. The van der Waals surface area contributed by atoms with Crippen LogP contribution in [0.15, 0.2) is 30.3 Å². The molecule has 0 bridgehead atoms. The van der Waals surface area contributed by atoms with Crippen LogP contribution in [0.1, 0.15) is 17.2 Å². The molecule has 1 unspecified atom stereocenters. The van der Waals surface area contributed by atoms with E-state index < -0.39 is 17.7 Å². The molecule has 0 spiro atoms. The summed E-state index contributed by atoms with van der Waals surface area (Å²) in [7, 11) is 0. The smallest absolute Gasteiger partial charge is 0.160 e. The zero-order valence-corrected chi connectivity index (χ0v) is 11.7. The van der Waals surface area contributed by atoms with Gasteiger partial charge in [-0.15, -0.1) is 0 Å². The van der Waals surface area contributed by atoms with Crippen LogP contribution in [0.4, 0.5) is 8.78 Å². The van der Waals surface area contributed by atoms with Crippen molar-refractivity contribution in [3.05, 3.63) is 68.2 Å². The summed E-state index contributed by atoms with van der Waals surface area (Å²) in [4.78, 5) is 0. The first-order chi connectivity index (χ1) is 8.90. The fourth-order valence-electron chi connectivity index (χ4n) is 1.66. The van der Waals surface area contributed by atoms with E-state index in [4.69, 9.17) is 40.5 Å². The Morgan fingerprint density at radius 3 is 2.11 bits per heavy atom. The Morgan fingerprint density at radius 2 is 1.47 bits per heavy atom. The van der Waals surface area contributed by atoms with E-state index >= 15 is 0 Å². The summed E-state index contributed by atoms with van der Waals surface area (Å²) in [6.45, 7) is 0. The minimum absolute atomic E-state index is 0.0532. The van der Waals surface area contributed by atoms with Crippen LogP contribution >= 0.6 is 34.8 Å². The van der Waals surface area contributed by atoms with E-state index in [0.29, 0.717) is 15.6 Å². The second-order valence-electron chi connectivity index (χ2n) is 3.94. The summed E-state index contributed by atoms with van der Waals surface area (Å²) in [6.07, 6.45) is 0. The third kappa shape index (κ3) is 3.00. The molecule has 1 nitrogen and oxygen atoms in total. The second kappa shape index (κ2) is 5.63. The van der Waals surface area contributed by atoms with Crippen molar-refractivity contribution in [1.29, 1.82) is 0 Å². The van der Waals surface area contributed by atoms with Crippen molar-refractivity contribution < 1.29 is 8.78 Å². The van der Waals surface area contributed by atoms with Crippen molar-refractivity contribution >= 4 is 34.8 Å². The SMILES string of the molecule is NC(c1ccc(Cl)c(Cl)c1)c1cc(F)c(F)cc1Cl. The van der Waals surface area contributed by atoms with Gasteiger partial charge in [-0.05, 0) is 35.4 Å². The Bertz CT molecular complexity index is 632. The predicted molar refractivity (Wildman–Crippen MR) is 73.9 cm³/mol. The lowest BCUT2D eigenvalue weighted by atomic mass is 9.99. The molecule has 0 saturated carbocycles. The van der Waals surface area contributed by atoms with E-state index in [2.05, 4.69) is 0 Å². The lowest BCUT2D eigenvalue weighted by Gasteiger charge is -2.15. The summed E-state index contributed by atoms with van der Waals surface area (Å²) in [5.41, 5.74) is 6.86. The molecule has 100 valence electrons. The van der Waals surface area contributed by atoms with Crippen molar-refractivity contribution in [3.63, 3.8) is 0 Å². The number of hydrogen-bond acceptors (Lipinski definition) is 1. The van der Waals surface area contributed by atoms with Crippen LogP contribution in [0.5, 0.6) is 0 Å². The van der Waals surface area contributed by atoms with Gasteiger partial charge in [0.2, 0.25) is 0 Å². The van der Waals surface area contributed by atoms with Crippen molar-refractivity contribution in [3.8, 4) is 0 Å². The maximum absolute atomic E-state index is 13.2. The lowest BCUT2D eigenvalue weighted by molar-refractivity contribution is 0.506. The van der Waals surface area contributed by atoms with Crippen molar-refractivity contribution in [2.75, 3.05) is 0 Å². The summed E-state index contributed by atoms with van der Waals surface area (Å²) >= 11 is 17.6. The van der Waals surface area contributed by atoms with Gasteiger partial charge < -0.3 is 5.73 Å². The molecule has 0 radical (unpaired) electrons. The molecule has 0 saturated heterocycles. The van der Waals surface area contributed by atoms with Gasteiger partial charge >= 0.3 is 0 Å². The topological polar surface area (TPSA) is 26.0 Å². The Kier molecular flexibility index (Phi) is 4.31. The van der Waals surface area contributed by atoms with Crippen LogP contribution in [-0.4, -0.2) is 0 Å². The van der Waals surface area contributed by atoms with Crippen LogP contribution in [0.3, 0.4) is 0 Å². The first-order valence-electron chi connectivity index (χ1n) is 5.25. The predicted octanol–water partition coefficient (Wildman–Crippen LogP) is 4.97. The molecule has 2 N–H and O–H groups in total. The highest BCUT2D eigenvalue weighted by Crippen LogP contribution is 2.31. The van der Waals surface area contributed by atoms with E-state index in [0.717, 1.165) is 12.1 Å². The lowest BCUT2D eigenvalue weighted by Crippen LogP contribution is -2.13. The van der Waals surface area contributed by atoms with Gasteiger partial charge in [-0.3, -0.25) is 0 Å². The first kappa shape index (κ1) is 14.5. The fourth-order valence-corrected chi connectivity index (χ4v) is 2.24. The Balaban J connectivity index is 2.46. The number of nitrogens with two attached hydrogens (primary N) is 1. The van der Waals surface area contributed by atoms with Gasteiger partial charge in [0.25, 0.3) is 0 Å². The van der Waals surface area contributed by atoms with E-state index in [1.54, 1.807) is 18.2 Å². The molecule has 19 heavy (non-hydrogen) atoms. The van der Waals surface area contributed by atoms with Gasteiger partial charge in [0.05, 0.1) is 16.1 Å². The maximum atomic E-state index is 13.2. The molecular weight excluding hydrogens is 315 g/mol. The Hall–Kier alpha value is -0.870. The second-order valence-corrected chi connectivity index (χ2v) is 5.16. The summed E-state index contributed by atoms with van der Waals surface area (Å²) in [5.74, 6) is -2.02. The molecule has 2 aromatic rings. The van der Waals surface area contributed by atoms with E-state index in [1.165, 1.54) is 0 Å². The summed E-state index contributed by atoms with van der Waals surface area (Å²) < 4.78 is 26.2. The van der Waals surface area contributed by atoms with Crippen molar-refractivity contribution in [1.82, 2.24) is 0 Å². The number of hydrogen-bond donors (Lipinski definition) is 1. The standard InChI is InChI=1S/C13H8Cl3F2N/c14-8-2-1-6(3-10(8)16)13(19)7-4-11(17)12(18)5-9(7)15/h1-5,13H,19H2. The average molecular weight is 323 g/mol. The molecule has 0 amide bonds. The largest absolute Gasteiger partial charge is 0.320 e. The van der Waals surface area contributed by atoms with Gasteiger partial charge in [-0.2, -0.15) is 0 Å². The van der Waals surface area contributed by atoms with Gasteiger partial charge in [0.1, 0.15) is 0 Å². The molecule has 0 fully saturated rings. The Morgan fingerprint density at radius 1 is 0.842 bits per heavy atom. The zero-order valence-electron chi connectivity index (χ0n) is 9.43. The van der Waals surface area contributed by atoms with Gasteiger partial charge in [0.15, 0.2) is 11.6 Å². The molecule has 2 rings (SSSR count). The average Bonchev–Trinajstić information content (AvgIpc) is 2.36. The summed E-state index contributed by atoms with van der Waals surface area (Å²) in [5, 5.41) is 0.764. The highest BCUT2D eigenvalue weighted by Gasteiger charge is 2.17. The molecular formula is C13H8Cl3F2N. The van der Waals surface area contributed by atoms with Gasteiger partial charge in [-0.1, -0.05) is 40.9 Å². The maximum Gasteiger partial charge on any atom is 0.160 e. The van der Waals surface area contributed by atoms with Crippen LogP contribution < -0.4 is 5.73 Å². The molecule has 0 aliphatic carbocycles. The Labute approximate surface area is 123 Å². The van der Waals surface area contributed by atoms with Crippen LogP contribution in [0.25, 0.3) is 0 Å². The van der Waals surface area contributed by atoms with E-state index in [9.17, 15) is 8.78 Å². The third-order valence-corrected chi connectivity index (χ3v) is 3.74. The van der Waals surface area contributed by atoms with Crippen molar-refractivity contribution in [2.24, 2.45) is 5.73 Å². The number of rotatable bonds is 2. The normalized spacial score (nSPS) is 12.5. The first-order valence-corrected chi connectivity index (χ1v) is 6.38. The number of halogens is 5. The molecule has 0 aromatic heterocycles. The quantitative estimate of drug-likeness (QED) is 0.776. The molecule has 1 atom stereocenters. The molecule has 0 aliphatic rings. The minimum Gasteiger partial charge on any atom is -0.320 e. The molecule has 2 aromatic carbocycles. The highest BCUT2D eigenvalue weighted by molar-refractivity contribution is 6.42. The molecule has 0 aliphatic heterocycles. The van der Waals surface area contributed by atoms with Crippen molar-refractivity contribution in [2.45, 2.75) is 6.04 Å².